The van der Waals surface area contributed by atoms with Crippen molar-refractivity contribution < 1.29 is 12.7 Å². The molecule has 0 heterocycles. The van der Waals surface area contributed by atoms with Crippen molar-refractivity contribution in [3.05, 3.63) is 7.43 Å². The molecule has 0 N–H and O–H groups in total. The number of hydrogen-bond donors (Lipinski definition) is 0. The Morgan fingerprint density at radius 1 is 1.25 bits per heavy atom. The first-order chi connectivity index (χ1) is 1.41. The molecule has 0 aliphatic rings. The molecule has 0 bridgehead atoms. The van der Waals surface area contributed by atoms with Crippen LogP contribution in [0.1, 0.15) is 0 Å². The van der Waals surface area contributed by atoms with Gasteiger partial charge < -0.3 is 7.43 Å². The molecule has 0 aromatic heterocycles. The van der Waals surface area contributed by atoms with E-state index in [2.05, 4.69) is 0 Å². The Kier molecular flexibility index (Phi) is 19.9. The Hall–Kier alpha value is 1.07. The predicted octanol–water partition coefficient (Wildman–Crippen LogP) is 1.83. The van der Waals surface area contributed by atoms with Crippen LogP contribution in [-0.2, 0) is 12.7 Å². The summed E-state index contributed by atoms with van der Waals surface area (Å²) in [6.07, 6.45) is 0. The molecule has 0 rings (SSSR count). The molecule has 0 spiro atoms. The Labute approximate surface area is 40.8 Å². The minimum atomic E-state index is 0. The third-order valence-corrected chi connectivity index (χ3v) is 0. The fourth-order valence-corrected chi connectivity index (χ4v) is 0. The molecule has 31 valence electrons. The zero-order valence-electron chi connectivity index (χ0n) is 2.07. The van der Waals surface area contributed by atoms with Crippen molar-refractivity contribution >= 4 is 20.4 Å². The molecule has 0 aliphatic heterocycles. The second kappa shape index (κ2) is 8.95. The van der Waals surface area contributed by atoms with Gasteiger partial charge in [-0.1, -0.05) is 0 Å². The molecular formula is CH3Cl2Ni. The summed E-state index contributed by atoms with van der Waals surface area (Å²) in [5.74, 6) is 0. The van der Waals surface area contributed by atoms with Gasteiger partial charge >= 0.3 is 33.0 Å². The van der Waals surface area contributed by atoms with Crippen molar-refractivity contribution in [2.24, 2.45) is 0 Å². The molecule has 0 atom stereocenters. The van der Waals surface area contributed by atoms with Crippen molar-refractivity contribution in [1.29, 1.82) is 0 Å². The van der Waals surface area contributed by atoms with Crippen molar-refractivity contribution in [2.75, 3.05) is 0 Å². The second-order valence-corrected chi connectivity index (χ2v) is 1.68. The zero-order valence-corrected chi connectivity index (χ0v) is 4.57. The van der Waals surface area contributed by atoms with Crippen LogP contribution >= 0.6 is 20.4 Å². The molecule has 0 aromatic rings. The molecule has 4 heavy (non-hydrogen) atoms. The summed E-state index contributed by atoms with van der Waals surface area (Å²) in [6, 6.07) is 0. The van der Waals surface area contributed by atoms with E-state index in [1.54, 1.807) is 0 Å². The van der Waals surface area contributed by atoms with Crippen LogP contribution in [0.25, 0.3) is 0 Å². The third kappa shape index (κ3) is 11.5. The summed E-state index contributed by atoms with van der Waals surface area (Å²) in [6.45, 7) is 0. The molecule has 0 unspecified atom stereocenters. The van der Waals surface area contributed by atoms with Crippen LogP contribution in [0.4, 0.5) is 0 Å². The third-order valence-electron chi connectivity index (χ3n) is 0. The molecule has 3 heteroatoms. The van der Waals surface area contributed by atoms with Crippen LogP contribution in [-0.4, -0.2) is 0 Å². The van der Waals surface area contributed by atoms with E-state index in [0.29, 0.717) is 12.7 Å². The minimum absolute atomic E-state index is 0. The van der Waals surface area contributed by atoms with Gasteiger partial charge in [-0.3, -0.25) is 0 Å². The first-order valence-corrected chi connectivity index (χ1v) is 2.96. The quantitative estimate of drug-likeness (QED) is 0.360. The Morgan fingerprint density at radius 2 is 1.25 bits per heavy atom. The van der Waals surface area contributed by atoms with Crippen LogP contribution in [0.3, 0.4) is 0 Å². The summed E-state index contributed by atoms with van der Waals surface area (Å²) >= 11 is 0.569. The molecule has 0 aromatic carbocycles. The van der Waals surface area contributed by atoms with Gasteiger partial charge in [0.25, 0.3) is 0 Å². The first kappa shape index (κ1) is 8.91. The molecule has 0 nitrogen and oxygen atoms in total. The van der Waals surface area contributed by atoms with Crippen molar-refractivity contribution in [2.45, 2.75) is 0 Å². The van der Waals surface area contributed by atoms with Gasteiger partial charge in [0.2, 0.25) is 0 Å². The van der Waals surface area contributed by atoms with Crippen molar-refractivity contribution in [1.82, 2.24) is 0 Å². The summed E-state index contributed by atoms with van der Waals surface area (Å²) in [5.41, 5.74) is 0. The molecule has 0 fully saturated rings. The van der Waals surface area contributed by atoms with E-state index in [1.807, 2.05) is 0 Å². The predicted molar refractivity (Wildman–Crippen MR) is 18.1 cm³/mol. The molecule has 0 aliphatic carbocycles. The number of halogens is 2. The van der Waals surface area contributed by atoms with Gasteiger partial charge in [-0.05, 0) is 0 Å². The zero-order chi connectivity index (χ0) is 2.71. The van der Waals surface area contributed by atoms with Crippen molar-refractivity contribution in [3.63, 3.8) is 0 Å². The van der Waals surface area contributed by atoms with E-state index in [9.17, 15) is 0 Å². The monoisotopic (exact) mass is 143 g/mol. The molecular weight excluding hydrogens is 142 g/mol. The molecule has 0 amide bonds. The Bertz CT molecular complexity index is 6.00. The van der Waals surface area contributed by atoms with E-state index in [1.165, 1.54) is 0 Å². The van der Waals surface area contributed by atoms with Gasteiger partial charge in [-0.2, -0.15) is 0 Å². The number of hydrogen-bond acceptors (Lipinski definition) is 0. The fourth-order valence-electron chi connectivity index (χ4n) is 0. The van der Waals surface area contributed by atoms with Gasteiger partial charge in [0, 0.05) is 0 Å². The Balaban J connectivity index is 0. The van der Waals surface area contributed by atoms with Crippen LogP contribution in [0.2, 0.25) is 0 Å². The first-order valence-electron chi connectivity index (χ1n) is 0.239. The van der Waals surface area contributed by atoms with Gasteiger partial charge in [0.1, 0.15) is 0 Å². The summed E-state index contributed by atoms with van der Waals surface area (Å²) in [5, 5.41) is 0. The SMILES string of the molecule is [CH3-].[Cl][Ni+][Cl]. The fraction of sp³-hybridized carbons (Fsp3) is 0. The van der Waals surface area contributed by atoms with Crippen LogP contribution < -0.4 is 0 Å². The molecule has 0 saturated heterocycles. The standard InChI is InChI=1S/CH3.2ClH.Ni/h1H3;2*1H;/q-1;;;+3/p-2. The van der Waals surface area contributed by atoms with Gasteiger partial charge in [0.15, 0.2) is 0 Å². The normalized spacial score (nSPS) is 5.50. The van der Waals surface area contributed by atoms with E-state index in [-0.39, 0.29) is 7.43 Å². The van der Waals surface area contributed by atoms with Gasteiger partial charge in [-0.15, -0.1) is 0 Å². The van der Waals surface area contributed by atoms with Crippen LogP contribution in [0, 0.1) is 7.43 Å². The van der Waals surface area contributed by atoms with E-state index in [4.69, 9.17) is 20.4 Å². The van der Waals surface area contributed by atoms with Crippen LogP contribution in [0.15, 0.2) is 0 Å². The van der Waals surface area contributed by atoms with E-state index >= 15 is 0 Å². The topological polar surface area (TPSA) is 0 Å². The maximum atomic E-state index is 4.70. The average Bonchev–Trinajstić information content (AvgIpc) is 0.918. The average molecular weight is 145 g/mol. The maximum absolute atomic E-state index is 4.70. The van der Waals surface area contributed by atoms with Gasteiger partial charge in [0.05, 0.1) is 0 Å². The Morgan fingerprint density at radius 3 is 1.25 bits per heavy atom. The number of rotatable bonds is 0. The summed E-state index contributed by atoms with van der Waals surface area (Å²) < 4.78 is 0. The van der Waals surface area contributed by atoms with Crippen molar-refractivity contribution in [3.8, 4) is 0 Å². The van der Waals surface area contributed by atoms with E-state index in [0.717, 1.165) is 0 Å². The second-order valence-electron chi connectivity index (χ2n) is 0.0452. The molecule has 0 saturated carbocycles. The molecule has 0 radical (unpaired) electrons. The summed E-state index contributed by atoms with van der Waals surface area (Å²) in [4.78, 5) is 0. The van der Waals surface area contributed by atoms with E-state index < -0.39 is 0 Å². The summed E-state index contributed by atoms with van der Waals surface area (Å²) in [7, 11) is 9.40. The van der Waals surface area contributed by atoms with Gasteiger partial charge in [-0.25, -0.2) is 0 Å². The van der Waals surface area contributed by atoms with Crippen LogP contribution in [0.5, 0.6) is 0 Å².